The van der Waals surface area contributed by atoms with Crippen LogP contribution in [0, 0.1) is 5.41 Å². The number of halogens is 1. The van der Waals surface area contributed by atoms with Gasteiger partial charge in [-0.2, -0.15) is 0 Å². The van der Waals surface area contributed by atoms with E-state index in [1.165, 1.54) is 30.6 Å². The van der Waals surface area contributed by atoms with Crippen LogP contribution in [-0.4, -0.2) is 51.1 Å². The van der Waals surface area contributed by atoms with Crippen LogP contribution in [0.1, 0.15) is 40.7 Å². The van der Waals surface area contributed by atoms with E-state index in [-0.39, 0.29) is 11.9 Å². The SMILES string of the molecule is N=C1C=CC(n2cc(CNC(=O)c3ccc(Cl)s3)nn2)C(CN2CCCCC2)=C1. The third-order valence-corrected chi connectivity index (χ3v) is 6.33. The molecule has 2 aromatic rings. The van der Waals surface area contributed by atoms with Gasteiger partial charge in [-0.1, -0.05) is 29.3 Å². The minimum Gasteiger partial charge on any atom is -0.346 e. The van der Waals surface area contributed by atoms with Crippen LogP contribution < -0.4 is 5.32 Å². The maximum Gasteiger partial charge on any atom is 0.261 e. The quantitative estimate of drug-likeness (QED) is 0.734. The molecule has 0 saturated carbocycles. The molecule has 0 bridgehead atoms. The summed E-state index contributed by atoms with van der Waals surface area (Å²) < 4.78 is 2.39. The minimum atomic E-state index is -0.173. The number of aromatic nitrogens is 3. The number of piperidine rings is 1. The average Bonchev–Trinajstić information content (AvgIpc) is 3.36. The van der Waals surface area contributed by atoms with Crippen LogP contribution >= 0.6 is 22.9 Å². The van der Waals surface area contributed by atoms with Gasteiger partial charge in [0.25, 0.3) is 5.91 Å². The summed E-state index contributed by atoms with van der Waals surface area (Å²) in [4.78, 5) is 15.2. The van der Waals surface area contributed by atoms with Crippen molar-refractivity contribution in [2.75, 3.05) is 19.6 Å². The molecule has 1 aliphatic carbocycles. The highest BCUT2D eigenvalue weighted by Crippen LogP contribution is 2.25. The molecule has 29 heavy (non-hydrogen) atoms. The number of likely N-dealkylation sites (tertiary alicyclic amines) is 1. The molecular weight excluding hydrogens is 408 g/mol. The van der Waals surface area contributed by atoms with Gasteiger partial charge in [0.1, 0.15) is 5.69 Å². The van der Waals surface area contributed by atoms with Gasteiger partial charge in [0.15, 0.2) is 0 Å². The predicted molar refractivity (Wildman–Crippen MR) is 115 cm³/mol. The van der Waals surface area contributed by atoms with Crippen molar-refractivity contribution in [3.8, 4) is 0 Å². The molecular formula is C20H23ClN6OS. The van der Waals surface area contributed by atoms with Crippen LogP contribution in [0.15, 0.2) is 42.1 Å². The highest BCUT2D eigenvalue weighted by atomic mass is 35.5. The van der Waals surface area contributed by atoms with Crippen LogP contribution in [0.2, 0.25) is 4.34 Å². The van der Waals surface area contributed by atoms with Crippen LogP contribution in [0.25, 0.3) is 0 Å². The summed E-state index contributed by atoms with van der Waals surface area (Å²) in [7, 11) is 0. The molecule has 4 rings (SSSR count). The molecule has 0 spiro atoms. The van der Waals surface area contributed by atoms with Gasteiger partial charge in [-0.15, -0.1) is 16.4 Å². The molecule has 1 amide bonds. The summed E-state index contributed by atoms with van der Waals surface area (Å²) >= 11 is 7.13. The first kappa shape index (κ1) is 20.0. The monoisotopic (exact) mass is 430 g/mol. The largest absolute Gasteiger partial charge is 0.346 e. The van der Waals surface area contributed by atoms with E-state index in [2.05, 4.69) is 20.5 Å². The standard InChI is InChI=1S/C20H23ClN6OS/c21-19-7-6-18(29-19)20(28)23-11-16-13-27(25-24-16)17-5-4-15(22)10-14(17)12-26-8-2-1-3-9-26/h4-7,10,13,17,22H,1-3,8-9,11-12H2,(H,23,28). The van der Waals surface area contributed by atoms with E-state index < -0.39 is 0 Å². The minimum absolute atomic E-state index is 0.0564. The fourth-order valence-electron chi connectivity index (χ4n) is 3.65. The Morgan fingerprint density at radius 1 is 1.31 bits per heavy atom. The summed E-state index contributed by atoms with van der Waals surface area (Å²) in [5.74, 6) is -0.173. The van der Waals surface area contributed by atoms with Crippen molar-refractivity contribution in [2.45, 2.75) is 31.8 Å². The third kappa shape index (κ3) is 5.01. The van der Waals surface area contributed by atoms with Gasteiger partial charge < -0.3 is 10.7 Å². The molecule has 1 fully saturated rings. The van der Waals surface area contributed by atoms with Gasteiger partial charge in [-0.3, -0.25) is 9.69 Å². The zero-order chi connectivity index (χ0) is 20.2. The number of nitrogens with zero attached hydrogens (tertiary/aromatic N) is 4. The van der Waals surface area contributed by atoms with E-state index in [0.29, 0.717) is 27.2 Å². The molecule has 1 saturated heterocycles. The molecule has 2 aliphatic rings. The van der Waals surface area contributed by atoms with Gasteiger partial charge in [0.05, 0.1) is 33.7 Å². The Kier molecular flexibility index (Phi) is 6.22. The predicted octanol–water partition coefficient (Wildman–Crippen LogP) is 3.47. The summed E-state index contributed by atoms with van der Waals surface area (Å²) in [6.07, 6.45) is 11.3. The van der Waals surface area contributed by atoms with Gasteiger partial charge in [0.2, 0.25) is 0 Å². The van der Waals surface area contributed by atoms with E-state index in [0.717, 1.165) is 25.2 Å². The second-order valence-corrected chi connectivity index (χ2v) is 9.01. The molecule has 2 aromatic heterocycles. The fourth-order valence-corrected chi connectivity index (χ4v) is 4.61. The van der Waals surface area contributed by atoms with Crippen molar-refractivity contribution in [3.05, 3.63) is 57.0 Å². The van der Waals surface area contributed by atoms with E-state index >= 15 is 0 Å². The maximum atomic E-state index is 12.2. The molecule has 7 nitrogen and oxygen atoms in total. The molecule has 1 aliphatic heterocycles. The number of amides is 1. The topological polar surface area (TPSA) is 86.9 Å². The Morgan fingerprint density at radius 2 is 2.14 bits per heavy atom. The average molecular weight is 431 g/mol. The zero-order valence-corrected chi connectivity index (χ0v) is 17.5. The van der Waals surface area contributed by atoms with Gasteiger partial charge in [-0.25, -0.2) is 4.68 Å². The van der Waals surface area contributed by atoms with Crippen molar-refractivity contribution < 1.29 is 4.79 Å². The number of carbonyl (C=O) groups is 1. The Hall–Kier alpha value is -2.29. The number of rotatable bonds is 6. The first-order valence-electron chi connectivity index (χ1n) is 9.72. The second kappa shape index (κ2) is 9.02. The lowest BCUT2D eigenvalue weighted by molar-refractivity contribution is 0.0954. The van der Waals surface area contributed by atoms with Crippen LogP contribution in [0.4, 0.5) is 0 Å². The lowest BCUT2D eigenvalue weighted by Gasteiger charge is -2.30. The number of hydrogen-bond acceptors (Lipinski definition) is 6. The van der Waals surface area contributed by atoms with Gasteiger partial charge >= 0.3 is 0 Å². The molecule has 2 N–H and O–H groups in total. The van der Waals surface area contributed by atoms with Crippen molar-refractivity contribution in [2.24, 2.45) is 0 Å². The Bertz CT molecular complexity index is 956. The molecule has 1 atom stereocenters. The van der Waals surface area contributed by atoms with Crippen molar-refractivity contribution in [1.29, 1.82) is 5.41 Å². The van der Waals surface area contributed by atoms with Crippen molar-refractivity contribution in [1.82, 2.24) is 25.2 Å². The number of carbonyl (C=O) groups excluding carboxylic acids is 1. The molecule has 1 unspecified atom stereocenters. The highest BCUT2D eigenvalue weighted by Gasteiger charge is 2.22. The van der Waals surface area contributed by atoms with E-state index in [1.54, 1.807) is 18.2 Å². The number of nitrogens with one attached hydrogen (secondary N) is 2. The summed E-state index contributed by atoms with van der Waals surface area (Å²) in [5, 5.41) is 19.3. The third-order valence-electron chi connectivity index (χ3n) is 5.10. The van der Waals surface area contributed by atoms with Crippen LogP contribution in [0.3, 0.4) is 0 Å². The highest BCUT2D eigenvalue weighted by molar-refractivity contribution is 7.17. The summed E-state index contributed by atoms with van der Waals surface area (Å²) in [6.45, 7) is 3.33. The smallest absolute Gasteiger partial charge is 0.261 e. The fraction of sp³-hybridized carbons (Fsp3) is 0.400. The van der Waals surface area contributed by atoms with Gasteiger partial charge in [-0.05, 0) is 55.8 Å². The first-order valence-corrected chi connectivity index (χ1v) is 10.9. The zero-order valence-electron chi connectivity index (χ0n) is 16.0. The van der Waals surface area contributed by atoms with Crippen molar-refractivity contribution >= 4 is 34.6 Å². The van der Waals surface area contributed by atoms with E-state index in [9.17, 15) is 4.79 Å². The number of allylic oxidation sites excluding steroid dienone is 3. The molecule has 0 aromatic carbocycles. The number of thiophene rings is 1. The van der Waals surface area contributed by atoms with E-state index in [1.807, 2.05) is 23.0 Å². The van der Waals surface area contributed by atoms with Crippen molar-refractivity contribution in [3.63, 3.8) is 0 Å². The molecule has 0 radical (unpaired) electrons. The normalized spacial score (nSPS) is 20.0. The van der Waals surface area contributed by atoms with Crippen LogP contribution in [0.5, 0.6) is 0 Å². The Labute approximate surface area is 178 Å². The molecule has 9 heteroatoms. The maximum absolute atomic E-state index is 12.2. The summed E-state index contributed by atoms with van der Waals surface area (Å²) in [6, 6.07) is 3.36. The lowest BCUT2D eigenvalue weighted by Crippen LogP contribution is -2.34. The van der Waals surface area contributed by atoms with E-state index in [4.69, 9.17) is 17.0 Å². The van der Waals surface area contributed by atoms with Crippen LogP contribution in [-0.2, 0) is 6.54 Å². The molecule has 3 heterocycles. The second-order valence-electron chi connectivity index (χ2n) is 7.29. The first-order chi connectivity index (χ1) is 14.1. The summed E-state index contributed by atoms with van der Waals surface area (Å²) in [5.41, 5.74) is 2.34. The lowest BCUT2D eigenvalue weighted by atomic mass is 9.98. The van der Waals surface area contributed by atoms with Gasteiger partial charge in [0, 0.05) is 6.54 Å². The Balaban J connectivity index is 1.41. The molecule has 152 valence electrons. The number of hydrogen-bond donors (Lipinski definition) is 2. The Morgan fingerprint density at radius 3 is 2.90 bits per heavy atom.